The zero-order valence-electron chi connectivity index (χ0n) is 10.2. The lowest BCUT2D eigenvalue weighted by atomic mass is 10.0. The molecular weight excluding hydrogens is 206 g/mol. The van der Waals surface area contributed by atoms with Gasteiger partial charge in [0.2, 0.25) is 0 Å². The van der Waals surface area contributed by atoms with Gasteiger partial charge in [0.1, 0.15) is 0 Å². The fourth-order valence-corrected chi connectivity index (χ4v) is 2.02. The number of hydrogen-bond donors (Lipinski definition) is 1. The van der Waals surface area contributed by atoms with Crippen molar-refractivity contribution < 1.29 is 14.6 Å². The van der Waals surface area contributed by atoms with Crippen LogP contribution < -0.4 is 0 Å². The molecule has 1 fully saturated rings. The number of ether oxygens (including phenoxy) is 1. The largest absolute Gasteiger partial charge is 0.465 e. The molecule has 1 aliphatic rings. The normalized spacial score (nSPS) is 22.0. The fourth-order valence-electron chi connectivity index (χ4n) is 2.02. The van der Waals surface area contributed by atoms with Crippen LogP contribution >= 0.6 is 0 Å². The van der Waals surface area contributed by atoms with Crippen LogP contribution in [0.2, 0.25) is 0 Å². The maximum Gasteiger partial charge on any atom is 0.320 e. The quantitative estimate of drug-likeness (QED) is 0.549. The van der Waals surface area contributed by atoms with Gasteiger partial charge in [0.05, 0.1) is 19.8 Å². The molecule has 4 heteroatoms. The van der Waals surface area contributed by atoms with Crippen molar-refractivity contribution in [1.82, 2.24) is 4.90 Å². The van der Waals surface area contributed by atoms with E-state index in [0.29, 0.717) is 13.2 Å². The van der Waals surface area contributed by atoms with Gasteiger partial charge in [-0.05, 0) is 25.8 Å². The second kappa shape index (κ2) is 7.63. The Balaban J connectivity index is 2.25. The van der Waals surface area contributed by atoms with Gasteiger partial charge in [-0.15, -0.1) is 0 Å². The van der Waals surface area contributed by atoms with Gasteiger partial charge in [-0.3, -0.25) is 9.69 Å². The monoisotopic (exact) mass is 229 g/mol. The molecule has 16 heavy (non-hydrogen) atoms. The molecule has 1 saturated heterocycles. The summed E-state index contributed by atoms with van der Waals surface area (Å²) < 4.78 is 5.12. The number of aliphatic hydroxyl groups excluding tert-OH is 1. The molecule has 0 saturated carbocycles. The summed E-state index contributed by atoms with van der Waals surface area (Å²) in [4.78, 5) is 13.5. The van der Waals surface area contributed by atoms with E-state index in [0.717, 1.165) is 38.6 Å². The SMILES string of the molecule is CCCCOC(=O)CN1CCCCC1CO. The second-order valence-electron chi connectivity index (χ2n) is 4.38. The van der Waals surface area contributed by atoms with Crippen molar-refractivity contribution in [2.45, 2.75) is 45.1 Å². The summed E-state index contributed by atoms with van der Waals surface area (Å²) in [6.07, 6.45) is 5.20. The molecule has 0 aliphatic carbocycles. The lowest BCUT2D eigenvalue weighted by molar-refractivity contribution is -0.146. The Morgan fingerprint density at radius 1 is 1.50 bits per heavy atom. The van der Waals surface area contributed by atoms with E-state index in [1.807, 2.05) is 4.90 Å². The van der Waals surface area contributed by atoms with Gasteiger partial charge >= 0.3 is 5.97 Å². The molecule has 0 aromatic rings. The first-order valence-electron chi connectivity index (χ1n) is 6.28. The van der Waals surface area contributed by atoms with Gasteiger partial charge in [-0.1, -0.05) is 19.8 Å². The Morgan fingerprint density at radius 3 is 3.00 bits per heavy atom. The van der Waals surface area contributed by atoms with Gasteiger partial charge in [0.15, 0.2) is 0 Å². The Bertz CT molecular complexity index is 208. The average molecular weight is 229 g/mol. The van der Waals surface area contributed by atoms with E-state index in [2.05, 4.69) is 6.92 Å². The predicted octanol–water partition coefficient (Wildman–Crippen LogP) is 1.18. The van der Waals surface area contributed by atoms with Crippen LogP contribution in [0.25, 0.3) is 0 Å². The minimum Gasteiger partial charge on any atom is -0.465 e. The van der Waals surface area contributed by atoms with Gasteiger partial charge in [-0.25, -0.2) is 0 Å². The molecule has 0 amide bonds. The summed E-state index contributed by atoms with van der Waals surface area (Å²) in [5.41, 5.74) is 0. The summed E-state index contributed by atoms with van der Waals surface area (Å²) in [5.74, 6) is -0.159. The first kappa shape index (κ1) is 13.5. The highest BCUT2D eigenvalue weighted by Crippen LogP contribution is 2.16. The number of likely N-dealkylation sites (tertiary alicyclic amines) is 1. The Morgan fingerprint density at radius 2 is 2.31 bits per heavy atom. The molecule has 4 nitrogen and oxygen atoms in total. The van der Waals surface area contributed by atoms with Crippen molar-refractivity contribution in [2.24, 2.45) is 0 Å². The number of carbonyl (C=O) groups excluding carboxylic acids is 1. The maximum atomic E-state index is 11.5. The molecule has 0 aromatic carbocycles. The van der Waals surface area contributed by atoms with Crippen LogP contribution in [0.5, 0.6) is 0 Å². The van der Waals surface area contributed by atoms with Crippen LogP contribution in [0.4, 0.5) is 0 Å². The molecule has 94 valence electrons. The molecule has 0 spiro atoms. The molecule has 0 aromatic heterocycles. The lowest BCUT2D eigenvalue weighted by Crippen LogP contribution is -2.44. The molecule has 1 rings (SSSR count). The minimum absolute atomic E-state index is 0.141. The van der Waals surface area contributed by atoms with E-state index in [1.165, 1.54) is 0 Å². The fraction of sp³-hybridized carbons (Fsp3) is 0.917. The molecule has 0 radical (unpaired) electrons. The molecule has 1 aliphatic heterocycles. The Labute approximate surface area is 97.6 Å². The van der Waals surface area contributed by atoms with Crippen LogP contribution in [0.1, 0.15) is 39.0 Å². The Kier molecular flexibility index (Phi) is 6.42. The summed E-state index contributed by atoms with van der Waals surface area (Å²) in [6, 6.07) is 0.146. The number of carbonyl (C=O) groups is 1. The van der Waals surface area contributed by atoms with Crippen LogP contribution in [0.3, 0.4) is 0 Å². The van der Waals surface area contributed by atoms with Crippen molar-refractivity contribution in [1.29, 1.82) is 0 Å². The average Bonchev–Trinajstić information content (AvgIpc) is 2.30. The van der Waals surface area contributed by atoms with E-state index in [1.54, 1.807) is 0 Å². The van der Waals surface area contributed by atoms with Crippen molar-refractivity contribution >= 4 is 5.97 Å². The number of esters is 1. The molecule has 1 atom stereocenters. The Hall–Kier alpha value is -0.610. The third-order valence-corrected chi connectivity index (χ3v) is 3.05. The van der Waals surface area contributed by atoms with E-state index in [4.69, 9.17) is 4.74 Å². The molecular formula is C12H23NO3. The highest BCUT2D eigenvalue weighted by Gasteiger charge is 2.23. The summed E-state index contributed by atoms with van der Waals surface area (Å²) in [7, 11) is 0. The van der Waals surface area contributed by atoms with E-state index < -0.39 is 0 Å². The highest BCUT2D eigenvalue weighted by atomic mass is 16.5. The summed E-state index contributed by atoms with van der Waals surface area (Å²) >= 11 is 0. The van der Waals surface area contributed by atoms with Crippen LogP contribution in [-0.2, 0) is 9.53 Å². The standard InChI is InChI=1S/C12H23NO3/c1-2-3-8-16-12(15)9-13-7-5-4-6-11(13)10-14/h11,14H,2-10H2,1H3. The van der Waals surface area contributed by atoms with Gasteiger partial charge in [-0.2, -0.15) is 0 Å². The first-order chi connectivity index (χ1) is 7.77. The van der Waals surface area contributed by atoms with Gasteiger partial charge in [0.25, 0.3) is 0 Å². The topological polar surface area (TPSA) is 49.8 Å². The van der Waals surface area contributed by atoms with Crippen LogP contribution in [0.15, 0.2) is 0 Å². The van der Waals surface area contributed by atoms with Crippen molar-refractivity contribution in [2.75, 3.05) is 26.3 Å². The number of piperidine rings is 1. The van der Waals surface area contributed by atoms with Crippen molar-refractivity contribution in [3.8, 4) is 0 Å². The number of rotatable bonds is 6. The lowest BCUT2D eigenvalue weighted by Gasteiger charge is -2.33. The predicted molar refractivity (Wildman–Crippen MR) is 62.2 cm³/mol. The second-order valence-corrected chi connectivity index (χ2v) is 4.38. The molecule has 0 bridgehead atoms. The number of unbranched alkanes of at least 4 members (excludes halogenated alkanes) is 1. The zero-order chi connectivity index (χ0) is 11.8. The van der Waals surface area contributed by atoms with Gasteiger partial charge in [0, 0.05) is 6.04 Å². The first-order valence-corrected chi connectivity index (χ1v) is 6.28. The molecule has 1 N–H and O–H groups in total. The van der Waals surface area contributed by atoms with Crippen LogP contribution in [-0.4, -0.2) is 48.3 Å². The minimum atomic E-state index is -0.159. The molecule has 1 unspecified atom stereocenters. The van der Waals surface area contributed by atoms with E-state index in [-0.39, 0.29) is 18.6 Å². The summed E-state index contributed by atoms with van der Waals surface area (Å²) in [5, 5.41) is 9.19. The highest BCUT2D eigenvalue weighted by molar-refractivity contribution is 5.71. The number of hydrogen-bond acceptors (Lipinski definition) is 4. The van der Waals surface area contributed by atoms with E-state index >= 15 is 0 Å². The van der Waals surface area contributed by atoms with Gasteiger partial charge < -0.3 is 9.84 Å². The third-order valence-electron chi connectivity index (χ3n) is 3.05. The summed E-state index contributed by atoms with van der Waals surface area (Å²) in [6.45, 7) is 3.96. The molecule has 1 heterocycles. The zero-order valence-corrected chi connectivity index (χ0v) is 10.2. The van der Waals surface area contributed by atoms with E-state index in [9.17, 15) is 9.90 Å². The number of aliphatic hydroxyl groups is 1. The maximum absolute atomic E-state index is 11.5. The third kappa shape index (κ3) is 4.49. The number of nitrogens with zero attached hydrogens (tertiary/aromatic N) is 1. The van der Waals surface area contributed by atoms with Crippen molar-refractivity contribution in [3.05, 3.63) is 0 Å². The van der Waals surface area contributed by atoms with Crippen LogP contribution in [0, 0.1) is 0 Å². The smallest absolute Gasteiger partial charge is 0.320 e. The van der Waals surface area contributed by atoms with Crippen molar-refractivity contribution in [3.63, 3.8) is 0 Å².